The predicted octanol–water partition coefficient (Wildman–Crippen LogP) is 6.67. The summed E-state index contributed by atoms with van der Waals surface area (Å²) in [7, 11) is 0. The van der Waals surface area contributed by atoms with Crippen molar-refractivity contribution in [3.63, 3.8) is 0 Å². The van der Waals surface area contributed by atoms with Crippen molar-refractivity contribution >= 4 is 29.1 Å². The molecule has 0 aromatic heterocycles. The second-order valence-electron chi connectivity index (χ2n) is 8.45. The number of ether oxygens (including phenoxy) is 1. The van der Waals surface area contributed by atoms with Crippen molar-refractivity contribution in [3.8, 4) is 0 Å². The lowest BCUT2D eigenvalue weighted by molar-refractivity contribution is 0.000931. The Kier molecular flexibility index (Phi) is 6.96. The third-order valence-corrected chi connectivity index (χ3v) is 4.61. The van der Waals surface area contributed by atoms with E-state index >= 15 is 0 Å². The highest BCUT2D eigenvalue weighted by atomic mass is 35.5. The molecule has 0 fully saturated rings. The third-order valence-electron chi connectivity index (χ3n) is 4.18. The number of nitrogens with one attached hydrogen (secondary N) is 1. The zero-order valence-electron chi connectivity index (χ0n) is 18.1. The number of rotatable bonds is 5. The van der Waals surface area contributed by atoms with Gasteiger partial charge in [-0.15, -0.1) is 0 Å². The predicted molar refractivity (Wildman–Crippen MR) is 119 cm³/mol. The minimum atomic E-state index is -0.841. The van der Waals surface area contributed by atoms with Gasteiger partial charge in [-0.05, 0) is 89.4 Å². The summed E-state index contributed by atoms with van der Waals surface area (Å²) in [6.07, 6.45) is -0.538. The minimum absolute atomic E-state index is 0.362. The quantitative estimate of drug-likeness (QED) is 0.437. The Balaban J connectivity index is 2.13. The van der Waals surface area contributed by atoms with Crippen LogP contribution in [0.25, 0.3) is 0 Å². The van der Waals surface area contributed by atoms with E-state index in [-0.39, 0.29) is 5.60 Å². The van der Waals surface area contributed by atoms with Gasteiger partial charge in [0.2, 0.25) is 0 Å². The average Bonchev–Trinajstić information content (AvgIpc) is 2.62. The molecule has 6 heteroatoms. The summed E-state index contributed by atoms with van der Waals surface area (Å²) in [6, 6.07) is 13.0. The third kappa shape index (κ3) is 6.79. The number of aryl methyl sites for hydroxylation is 1. The smallest absolute Gasteiger partial charge is 0.412 e. The molecule has 1 amide bonds. The van der Waals surface area contributed by atoms with Gasteiger partial charge in [-0.25, -0.2) is 4.79 Å². The highest BCUT2D eigenvalue weighted by Crippen LogP contribution is 2.27. The molecule has 0 spiro atoms. The van der Waals surface area contributed by atoms with Crippen molar-refractivity contribution < 1.29 is 14.4 Å². The number of halogens is 1. The number of oxime groups is 1. The fourth-order valence-electron chi connectivity index (χ4n) is 2.53. The Morgan fingerprint density at radius 2 is 1.76 bits per heavy atom. The summed E-state index contributed by atoms with van der Waals surface area (Å²) in [5, 5.41) is 7.60. The summed E-state index contributed by atoms with van der Waals surface area (Å²) < 4.78 is 5.69. The molecule has 0 heterocycles. The minimum Gasteiger partial charge on any atom is -0.438 e. The van der Waals surface area contributed by atoms with Crippen LogP contribution in [-0.4, -0.2) is 17.4 Å². The molecule has 2 rings (SSSR count). The van der Waals surface area contributed by atoms with Crippen molar-refractivity contribution in [2.45, 2.75) is 59.7 Å². The maximum atomic E-state index is 12.4. The molecule has 0 aliphatic rings. The molecule has 0 bridgehead atoms. The molecule has 5 nitrogen and oxygen atoms in total. The number of hydrogen-bond acceptors (Lipinski definition) is 4. The van der Waals surface area contributed by atoms with Crippen LogP contribution in [0.15, 0.2) is 47.6 Å². The lowest BCUT2D eigenvalue weighted by Crippen LogP contribution is -2.28. The second kappa shape index (κ2) is 8.87. The monoisotopic (exact) mass is 416 g/mol. The molecule has 0 saturated heterocycles. The van der Waals surface area contributed by atoms with E-state index in [1.165, 1.54) is 0 Å². The summed E-state index contributed by atoms with van der Waals surface area (Å²) >= 11 is 6.03. The molecule has 0 aliphatic heterocycles. The number of hydrogen-bond donors (Lipinski definition) is 1. The zero-order chi connectivity index (χ0) is 21.8. The highest BCUT2D eigenvalue weighted by Gasteiger charge is 2.26. The van der Waals surface area contributed by atoms with Gasteiger partial charge in [0.1, 0.15) is 11.2 Å². The molecule has 0 atom stereocenters. The molecule has 156 valence electrons. The number of benzene rings is 2. The summed E-state index contributed by atoms with van der Waals surface area (Å²) in [5.74, 6) is 0. The van der Waals surface area contributed by atoms with E-state index in [1.54, 1.807) is 18.2 Å². The van der Waals surface area contributed by atoms with Gasteiger partial charge in [0.25, 0.3) is 0 Å². The van der Waals surface area contributed by atoms with E-state index in [1.807, 2.05) is 72.7 Å². The topological polar surface area (TPSA) is 59.9 Å². The summed E-state index contributed by atoms with van der Waals surface area (Å²) in [5.41, 5.74) is 2.80. The number of nitrogens with zero attached hydrogens (tertiary/aromatic N) is 1. The summed E-state index contributed by atoms with van der Waals surface area (Å²) in [6.45, 7) is 13.3. The van der Waals surface area contributed by atoms with E-state index < -0.39 is 11.7 Å². The Morgan fingerprint density at radius 1 is 1.07 bits per heavy atom. The number of carbonyl (C=O) groups excluding carboxylic acids is 1. The Hall–Kier alpha value is -2.53. The van der Waals surface area contributed by atoms with Gasteiger partial charge >= 0.3 is 6.09 Å². The van der Waals surface area contributed by atoms with Crippen LogP contribution in [-0.2, 0) is 15.2 Å². The van der Waals surface area contributed by atoms with Gasteiger partial charge in [0.15, 0.2) is 0 Å². The van der Waals surface area contributed by atoms with Gasteiger partial charge in [-0.3, -0.25) is 5.32 Å². The van der Waals surface area contributed by atoms with Crippen molar-refractivity contribution in [1.29, 1.82) is 0 Å². The highest BCUT2D eigenvalue weighted by molar-refractivity contribution is 6.31. The Bertz CT molecular complexity index is 915. The fourth-order valence-corrected chi connectivity index (χ4v) is 2.65. The summed E-state index contributed by atoms with van der Waals surface area (Å²) in [4.78, 5) is 17.9. The molecule has 29 heavy (non-hydrogen) atoms. The molecule has 1 N–H and O–H groups in total. The molecular formula is C23H29ClN2O3. The second-order valence-corrected chi connectivity index (χ2v) is 8.86. The molecule has 0 radical (unpaired) electrons. The van der Waals surface area contributed by atoms with Crippen LogP contribution < -0.4 is 5.32 Å². The number of anilines is 1. The standard InChI is InChI=1S/C23H29ClN2O3/c1-15-13-19(11-12-20(15)24)25-21(27)28-23(6,7)18-10-8-9-17(14-18)16(2)26-29-22(3,4)5/h8-14H,1-7H3,(H,25,27)/b26-16+. The zero-order valence-corrected chi connectivity index (χ0v) is 18.8. The Morgan fingerprint density at radius 3 is 2.38 bits per heavy atom. The molecule has 0 saturated carbocycles. The lowest BCUT2D eigenvalue weighted by Gasteiger charge is -2.26. The van der Waals surface area contributed by atoms with Gasteiger partial charge in [-0.1, -0.05) is 35.0 Å². The molecular weight excluding hydrogens is 388 g/mol. The van der Waals surface area contributed by atoms with Crippen molar-refractivity contribution in [1.82, 2.24) is 0 Å². The normalized spacial score (nSPS) is 12.5. The van der Waals surface area contributed by atoms with Gasteiger partial charge in [0.05, 0.1) is 5.71 Å². The first-order valence-corrected chi connectivity index (χ1v) is 9.85. The van der Waals surface area contributed by atoms with Crippen LogP contribution in [0.2, 0.25) is 5.02 Å². The van der Waals surface area contributed by atoms with Crippen molar-refractivity contribution in [2.75, 3.05) is 5.32 Å². The van der Waals surface area contributed by atoms with Gasteiger partial charge in [0, 0.05) is 10.7 Å². The van der Waals surface area contributed by atoms with Crippen LogP contribution in [0.1, 0.15) is 58.2 Å². The SMILES string of the molecule is C/C(=N\OC(C)(C)C)c1cccc(C(C)(C)OC(=O)Nc2ccc(Cl)c(C)c2)c1. The first-order valence-electron chi connectivity index (χ1n) is 9.47. The van der Waals surface area contributed by atoms with Gasteiger partial charge in [-0.2, -0.15) is 0 Å². The Labute approximate surface area is 178 Å². The van der Waals surface area contributed by atoms with E-state index in [2.05, 4.69) is 10.5 Å². The lowest BCUT2D eigenvalue weighted by atomic mass is 9.95. The van der Waals surface area contributed by atoms with Crippen LogP contribution in [0, 0.1) is 6.92 Å². The molecule has 0 aliphatic carbocycles. The molecule has 2 aromatic rings. The molecule has 2 aromatic carbocycles. The maximum absolute atomic E-state index is 12.4. The van der Waals surface area contributed by atoms with Crippen LogP contribution in [0.4, 0.5) is 10.5 Å². The first-order chi connectivity index (χ1) is 13.4. The van der Waals surface area contributed by atoms with Gasteiger partial charge < -0.3 is 9.57 Å². The molecule has 0 unspecified atom stereocenters. The first kappa shape index (κ1) is 22.8. The maximum Gasteiger partial charge on any atom is 0.412 e. The number of carbonyl (C=O) groups is 1. The van der Waals surface area contributed by atoms with Crippen LogP contribution in [0.3, 0.4) is 0 Å². The van der Waals surface area contributed by atoms with E-state index in [0.717, 1.165) is 22.4 Å². The average molecular weight is 417 g/mol. The van der Waals surface area contributed by atoms with E-state index in [4.69, 9.17) is 21.2 Å². The largest absolute Gasteiger partial charge is 0.438 e. The van der Waals surface area contributed by atoms with Crippen LogP contribution in [0.5, 0.6) is 0 Å². The van der Waals surface area contributed by atoms with Crippen molar-refractivity contribution in [2.24, 2.45) is 5.16 Å². The number of amides is 1. The fraction of sp³-hybridized carbons (Fsp3) is 0.391. The van der Waals surface area contributed by atoms with Crippen molar-refractivity contribution in [3.05, 3.63) is 64.2 Å². The van der Waals surface area contributed by atoms with E-state index in [0.29, 0.717) is 10.7 Å². The van der Waals surface area contributed by atoms with Crippen LogP contribution >= 0.6 is 11.6 Å². The van der Waals surface area contributed by atoms with E-state index in [9.17, 15) is 4.79 Å².